The van der Waals surface area contributed by atoms with Gasteiger partial charge in [0.25, 0.3) is 17.4 Å². The predicted octanol–water partition coefficient (Wildman–Crippen LogP) is 3.77. The maximum atomic E-state index is 15.5. The maximum absolute atomic E-state index is 15.5. The molecule has 0 fully saturated rings. The first-order valence-electron chi connectivity index (χ1n) is 28.2. The van der Waals surface area contributed by atoms with Crippen LogP contribution in [0.15, 0.2) is 53.3 Å². The molecule has 3 aliphatic heterocycles. The number of cyclic esters (lactones) is 1. The van der Waals surface area contributed by atoms with E-state index < -0.39 is 59.0 Å². The number of aliphatic hydroxyl groups is 1. The second kappa shape index (κ2) is 27.4. The number of rotatable bonds is 28. The molecular weight excluding hydrogens is 1080 g/mol. The maximum Gasteiger partial charge on any atom is 0.407 e. The third-order valence-electron chi connectivity index (χ3n) is 15.5. The summed E-state index contributed by atoms with van der Waals surface area (Å²) in [5.41, 5.74) is 7.62. The number of pyridine rings is 2. The molecule has 0 saturated carbocycles. The number of carbonyl (C=O) groups excluding carboxylic acids is 8. The van der Waals surface area contributed by atoms with E-state index in [-0.39, 0.29) is 106 Å². The molecule has 0 spiro atoms. The van der Waals surface area contributed by atoms with Gasteiger partial charge in [-0.2, -0.15) is 0 Å². The molecule has 444 valence electrons. The van der Waals surface area contributed by atoms with Crippen LogP contribution in [0, 0.1) is 18.7 Å². The Morgan fingerprint density at radius 3 is 2.37 bits per heavy atom. The summed E-state index contributed by atoms with van der Waals surface area (Å²) in [5.74, 6) is -4.24. The van der Waals surface area contributed by atoms with E-state index in [1.165, 1.54) is 22.8 Å². The Kier molecular flexibility index (Phi) is 20.2. The Morgan fingerprint density at radius 2 is 1.65 bits per heavy atom. The normalized spacial score (nSPS) is 17.4. The van der Waals surface area contributed by atoms with E-state index in [9.17, 15) is 48.3 Å². The van der Waals surface area contributed by atoms with Crippen LogP contribution >= 0.6 is 0 Å². The summed E-state index contributed by atoms with van der Waals surface area (Å²) in [5, 5.41) is 26.3. The summed E-state index contributed by atoms with van der Waals surface area (Å²) in [6.45, 7) is 8.04. The number of amides is 7. The van der Waals surface area contributed by atoms with Gasteiger partial charge in [-0.25, -0.2) is 19.0 Å². The van der Waals surface area contributed by atoms with Crippen molar-refractivity contribution in [2.75, 3.05) is 51.4 Å². The molecule has 0 unspecified atom stereocenters. The highest BCUT2D eigenvalue weighted by molar-refractivity contribution is 6.12. The monoisotopic (exact) mass is 1150 g/mol. The molecule has 2 aromatic heterocycles. The smallest absolute Gasteiger partial charge is 0.407 e. The van der Waals surface area contributed by atoms with Crippen LogP contribution < -0.4 is 37.9 Å². The van der Waals surface area contributed by atoms with Gasteiger partial charge in [-0.15, -0.1) is 0 Å². The Balaban J connectivity index is 0.894. The van der Waals surface area contributed by atoms with Crippen LogP contribution in [-0.4, -0.2) is 125 Å². The van der Waals surface area contributed by atoms with E-state index in [1.807, 2.05) is 0 Å². The fourth-order valence-corrected chi connectivity index (χ4v) is 10.9. The van der Waals surface area contributed by atoms with Gasteiger partial charge in [-0.05, 0) is 105 Å². The number of carbonyl (C=O) groups is 8. The number of anilines is 1. The Labute approximate surface area is 478 Å². The molecule has 2 aromatic carbocycles. The number of aromatic nitrogens is 2. The van der Waals surface area contributed by atoms with Crippen molar-refractivity contribution in [1.82, 2.24) is 35.7 Å². The van der Waals surface area contributed by atoms with Gasteiger partial charge in [-0.1, -0.05) is 39.3 Å². The molecule has 8 N–H and O–H groups in total. The lowest BCUT2D eigenvalue weighted by atomic mass is 9.81. The van der Waals surface area contributed by atoms with Crippen molar-refractivity contribution < 1.29 is 66.8 Å². The van der Waals surface area contributed by atoms with Gasteiger partial charge in [0.05, 0.1) is 54.9 Å². The number of halogens is 1. The number of unbranched alkanes of at least 4 members (excludes halogenated alkanes) is 3. The van der Waals surface area contributed by atoms with Gasteiger partial charge in [0, 0.05) is 66.5 Å². The molecule has 4 aliphatic rings. The molecular formula is C59H72FN9O14. The first-order valence-corrected chi connectivity index (χ1v) is 28.2. The standard InChI is InChI=1S/C59H72FN9O14/c1-5-59(79)40-27-45-53-38(29-69(45)56(76)39(40)31-82-57(59)77)51-42(18-17-37-34(4)41(60)28-44(64-53)50(37)51)66-58(78)83-30-35-13-15-36(16-14-35)63-54(74)43(11-8-9-22-62-47(71)32-81-26-25-80-24-21-61)65-55(75)52(33(2)3)67-46(70)12-7-6-10-23-68-48(72)19-20-49(68)73/h13-16,19-20,27-28,33,42-43,52,79H,5-12,17-18,21-26,29-32,61H2,1-4H3,(H,62,71)(H,63,74)(H,65,75)(H,66,78)(H,67,70)/t42-,43-,52-,59-/m0/s1. The minimum atomic E-state index is -2.05. The predicted molar refractivity (Wildman–Crippen MR) is 299 cm³/mol. The number of nitrogens with one attached hydrogen (secondary N) is 5. The van der Waals surface area contributed by atoms with Gasteiger partial charge >= 0.3 is 12.1 Å². The number of esters is 1. The lowest BCUT2D eigenvalue weighted by molar-refractivity contribution is -0.172. The van der Waals surface area contributed by atoms with Crippen molar-refractivity contribution in [2.45, 2.75) is 135 Å². The zero-order valence-corrected chi connectivity index (χ0v) is 47.1. The molecule has 8 rings (SSSR count). The molecule has 83 heavy (non-hydrogen) atoms. The quantitative estimate of drug-likeness (QED) is 0.0213. The van der Waals surface area contributed by atoms with Crippen LogP contribution in [0.5, 0.6) is 0 Å². The van der Waals surface area contributed by atoms with E-state index in [0.717, 1.165) is 10.5 Å². The fourth-order valence-electron chi connectivity index (χ4n) is 10.9. The Hall–Kier alpha value is -7.93. The molecule has 1 aliphatic carbocycles. The molecule has 0 radical (unpaired) electrons. The molecule has 24 heteroatoms. The van der Waals surface area contributed by atoms with E-state index >= 15 is 4.39 Å². The molecule has 7 amide bonds. The van der Waals surface area contributed by atoms with Crippen LogP contribution in [0.3, 0.4) is 0 Å². The summed E-state index contributed by atoms with van der Waals surface area (Å²) in [6, 6.07) is 6.75. The third kappa shape index (κ3) is 14.1. The summed E-state index contributed by atoms with van der Waals surface area (Å²) < 4.78 is 38.5. The first-order chi connectivity index (χ1) is 39.8. The van der Waals surface area contributed by atoms with Crippen molar-refractivity contribution in [3.05, 3.63) is 104 Å². The van der Waals surface area contributed by atoms with Crippen LogP contribution in [0.25, 0.3) is 22.3 Å². The number of alkyl carbamates (subject to hydrolysis) is 1. The minimum absolute atomic E-state index is 0.0442. The van der Waals surface area contributed by atoms with Crippen LogP contribution in [-0.2, 0) is 84.3 Å². The lowest BCUT2D eigenvalue weighted by Crippen LogP contribution is -2.54. The van der Waals surface area contributed by atoms with Crippen molar-refractivity contribution in [1.29, 1.82) is 0 Å². The highest BCUT2D eigenvalue weighted by atomic mass is 19.1. The second-order valence-electron chi connectivity index (χ2n) is 21.4. The van der Waals surface area contributed by atoms with Crippen molar-refractivity contribution in [2.24, 2.45) is 11.7 Å². The number of fused-ring (bicyclic) bond motifs is 5. The van der Waals surface area contributed by atoms with Gasteiger partial charge in [0.2, 0.25) is 23.6 Å². The van der Waals surface area contributed by atoms with Gasteiger partial charge in [0.15, 0.2) is 5.60 Å². The average Bonchev–Trinajstić information content (AvgIpc) is 1.88. The minimum Gasteiger partial charge on any atom is -0.458 e. The van der Waals surface area contributed by atoms with Crippen molar-refractivity contribution in [3.8, 4) is 11.4 Å². The van der Waals surface area contributed by atoms with E-state index in [1.54, 1.807) is 58.0 Å². The van der Waals surface area contributed by atoms with Crippen molar-refractivity contribution in [3.63, 3.8) is 0 Å². The highest BCUT2D eigenvalue weighted by Gasteiger charge is 2.46. The number of ether oxygens (including phenoxy) is 4. The number of benzene rings is 2. The summed E-state index contributed by atoms with van der Waals surface area (Å²) in [7, 11) is 0. The van der Waals surface area contributed by atoms with Crippen LogP contribution in [0.4, 0.5) is 14.9 Å². The second-order valence-corrected chi connectivity index (χ2v) is 21.4. The van der Waals surface area contributed by atoms with Gasteiger partial charge in [0.1, 0.15) is 37.7 Å². The van der Waals surface area contributed by atoms with Gasteiger partial charge < -0.3 is 60.9 Å². The fraction of sp³-hybridized carbons (Fsp3) is 0.492. The zero-order chi connectivity index (χ0) is 59.5. The molecule has 0 bridgehead atoms. The molecule has 4 atom stereocenters. The average molecular weight is 1150 g/mol. The summed E-state index contributed by atoms with van der Waals surface area (Å²) >= 11 is 0. The molecule has 23 nitrogen and oxygen atoms in total. The Bertz CT molecular complexity index is 3240. The summed E-state index contributed by atoms with van der Waals surface area (Å²) in [6.07, 6.45) is 5.07. The number of imide groups is 1. The first kappa shape index (κ1) is 61.1. The largest absolute Gasteiger partial charge is 0.458 e. The zero-order valence-electron chi connectivity index (χ0n) is 47.1. The molecule has 0 saturated heterocycles. The van der Waals surface area contributed by atoms with Gasteiger partial charge in [-0.3, -0.25) is 38.5 Å². The highest BCUT2D eigenvalue weighted by Crippen LogP contribution is 2.46. The van der Waals surface area contributed by atoms with Crippen LogP contribution in [0.1, 0.15) is 124 Å². The Morgan fingerprint density at radius 1 is 0.904 bits per heavy atom. The molecule has 4 aromatic rings. The van der Waals surface area contributed by atoms with E-state index in [0.29, 0.717) is 115 Å². The number of nitrogens with zero attached hydrogens (tertiary/aromatic N) is 3. The number of hydrogen-bond donors (Lipinski definition) is 7. The number of hydrogen-bond acceptors (Lipinski definition) is 16. The van der Waals surface area contributed by atoms with E-state index in [2.05, 4.69) is 26.6 Å². The number of aryl methyl sites for hydroxylation is 1. The number of nitrogens with two attached hydrogens (primary N) is 1. The van der Waals surface area contributed by atoms with E-state index in [4.69, 9.17) is 29.7 Å². The topological polar surface area (TPSA) is 318 Å². The van der Waals surface area contributed by atoms with Crippen molar-refractivity contribution >= 4 is 64.1 Å². The third-order valence-corrected chi connectivity index (χ3v) is 15.5. The lowest BCUT2D eigenvalue weighted by Gasteiger charge is -2.31. The molecule has 5 heterocycles. The summed E-state index contributed by atoms with van der Waals surface area (Å²) in [4.78, 5) is 124. The van der Waals surface area contributed by atoms with Crippen LogP contribution in [0.2, 0.25) is 0 Å². The SMILES string of the molecule is CC[C@@]1(O)C(=O)OCc2c1cc1n(c2=O)Cc2c-1nc1cc(F)c(C)c3c1c2[C@@H](NC(=O)OCc1ccc(NC(=O)[C@H](CCCCNC(=O)COCCOCCN)NC(=O)[C@@H](NC(=O)CCCCCN2C(=O)C=CC2=O)C(C)C)cc1)CC3.